The Morgan fingerprint density at radius 1 is 1.00 bits per heavy atom. The van der Waals surface area contributed by atoms with Crippen LogP contribution in [0.1, 0.15) is 16.7 Å². The van der Waals surface area contributed by atoms with E-state index >= 15 is 0 Å². The second-order valence-electron chi connectivity index (χ2n) is 6.55. The van der Waals surface area contributed by atoms with E-state index in [-0.39, 0.29) is 24.4 Å². The van der Waals surface area contributed by atoms with Gasteiger partial charge in [0.2, 0.25) is 11.8 Å². The second kappa shape index (κ2) is 6.24. The lowest BCUT2D eigenvalue weighted by Gasteiger charge is -2.43. The number of rotatable bonds is 3. The van der Waals surface area contributed by atoms with Crippen molar-refractivity contribution in [3.63, 3.8) is 0 Å². The summed E-state index contributed by atoms with van der Waals surface area (Å²) in [5, 5.41) is 0. The number of fused-ring (bicyclic) bond motifs is 2. The van der Waals surface area contributed by atoms with Crippen molar-refractivity contribution in [2.24, 2.45) is 0 Å². The second-order valence-corrected chi connectivity index (χ2v) is 6.55. The van der Waals surface area contributed by atoms with E-state index in [0.717, 1.165) is 22.4 Å². The molecule has 0 radical (unpaired) electrons. The average molecular weight is 336 g/mol. The van der Waals surface area contributed by atoms with E-state index in [1.165, 1.54) is 0 Å². The summed E-state index contributed by atoms with van der Waals surface area (Å²) in [5.41, 5.74) is 3.30. The highest BCUT2D eigenvalue weighted by molar-refractivity contribution is 5.95. The van der Waals surface area contributed by atoms with Crippen LogP contribution in [0.3, 0.4) is 0 Å². The molecular formula is C20H20N2O3. The van der Waals surface area contributed by atoms with Gasteiger partial charge in [0, 0.05) is 19.5 Å². The van der Waals surface area contributed by atoms with Crippen molar-refractivity contribution in [2.75, 3.05) is 13.7 Å². The molecular weight excluding hydrogens is 316 g/mol. The van der Waals surface area contributed by atoms with Gasteiger partial charge in [0.15, 0.2) is 0 Å². The lowest BCUT2D eigenvalue weighted by molar-refractivity contribution is -0.157. The zero-order valence-electron chi connectivity index (χ0n) is 14.1. The Morgan fingerprint density at radius 2 is 1.72 bits per heavy atom. The summed E-state index contributed by atoms with van der Waals surface area (Å²) in [6.45, 7) is 1.12. The van der Waals surface area contributed by atoms with E-state index in [1.54, 1.807) is 16.9 Å². The van der Waals surface area contributed by atoms with E-state index in [4.69, 9.17) is 4.74 Å². The van der Waals surface area contributed by atoms with E-state index in [0.29, 0.717) is 19.5 Å². The predicted octanol–water partition coefficient (Wildman–Crippen LogP) is 1.99. The Balaban J connectivity index is 1.55. The molecule has 128 valence electrons. The number of carbonyl (C=O) groups is 2. The molecule has 1 atom stereocenters. The molecule has 2 aromatic rings. The molecule has 0 unspecified atom stereocenters. The van der Waals surface area contributed by atoms with Gasteiger partial charge >= 0.3 is 0 Å². The smallest absolute Gasteiger partial charge is 0.246 e. The Bertz CT molecular complexity index is 816. The maximum absolute atomic E-state index is 12.9. The summed E-state index contributed by atoms with van der Waals surface area (Å²) < 4.78 is 5.16. The van der Waals surface area contributed by atoms with Crippen molar-refractivity contribution < 1.29 is 14.3 Å². The quantitative estimate of drug-likeness (QED) is 0.861. The zero-order chi connectivity index (χ0) is 17.4. The number of methoxy groups -OCH3 is 1. The highest BCUT2D eigenvalue weighted by Gasteiger charge is 2.41. The summed E-state index contributed by atoms with van der Waals surface area (Å²) in [5.74, 6) is 0.831. The Morgan fingerprint density at radius 3 is 2.44 bits per heavy atom. The fourth-order valence-electron chi connectivity index (χ4n) is 3.63. The van der Waals surface area contributed by atoms with Crippen molar-refractivity contribution in [3.8, 4) is 5.75 Å². The molecule has 25 heavy (non-hydrogen) atoms. The maximum Gasteiger partial charge on any atom is 0.246 e. The van der Waals surface area contributed by atoms with Crippen LogP contribution in [0.15, 0.2) is 48.5 Å². The van der Waals surface area contributed by atoms with Gasteiger partial charge < -0.3 is 14.5 Å². The van der Waals surface area contributed by atoms with Crippen LogP contribution >= 0.6 is 0 Å². The number of nitrogens with zero attached hydrogens (tertiary/aromatic N) is 2. The molecule has 0 N–H and O–H groups in total. The normalized spacial score (nSPS) is 19.5. The van der Waals surface area contributed by atoms with Gasteiger partial charge in [0.1, 0.15) is 18.3 Å². The third-order valence-electron chi connectivity index (χ3n) is 5.02. The molecule has 0 aromatic heterocycles. The number of benzene rings is 2. The van der Waals surface area contributed by atoms with Crippen LogP contribution in [-0.4, -0.2) is 41.3 Å². The van der Waals surface area contributed by atoms with Gasteiger partial charge in [-0.3, -0.25) is 9.59 Å². The number of ether oxygens (including phenoxy) is 1. The molecule has 4 rings (SSSR count). The van der Waals surface area contributed by atoms with E-state index in [2.05, 4.69) is 0 Å². The fourth-order valence-corrected chi connectivity index (χ4v) is 3.63. The molecule has 5 heteroatoms. The summed E-state index contributed by atoms with van der Waals surface area (Å²) in [6, 6.07) is 15.3. The first-order chi connectivity index (χ1) is 12.2. The minimum absolute atomic E-state index is 0.0209. The van der Waals surface area contributed by atoms with Crippen LogP contribution in [0, 0.1) is 0 Å². The minimum Gasteiger partial charge on any atom is -0.497 e. The third-order valence-corrected chi connectivity index (χ3v) is 5.02. The van der Waals surface area contributed by atoms with E-state index in [1.807, 2.05) is 48.5 Å². The molecule has 0 aliphatic carbocycles. The third kappa shape index (κ3) is 2.86. The standard InChI is InChI=1S/C20H20N2O3/c1-25-17-8-6-14(7-9-17)11-21-13-19(23)22-12-16-5-3-2-4-15(16)10-18(22)20(21)24/h2-9,18H,10-13H2,1H3/t18-/m1/s1. The van der Waals surface area contributed by atoms with Gasteiger partial charge in [-0.25, -0.2) is 0 Å². The highest BCUT2D eigenvalue weighted by atomic mass is 16.5. The summed E-state index contributed by atoms with van der Waals surface area (Å²) in [6.07, 6.45) is 0.597. The molecule has 2 aliphatic heterocycles. The monoisotopic (exact) mass is 336 g/mol. The Labute approximate surface area is 146 Å². The molecule has 0 saturated carbocycles. The number of amides is 2. The SMILES string of the molecule is COc1ccc(CN2CC(=O)N3Cc4ccccc4C[C@@H]3C2=O)cc1. The predicted molar refractivity (Wildman–Crippen MR) is 92.9 cm³/mol. The summed E-state index contributed by atoms with van der Waals surface area (Å²) in [4.78, 5) is 28.9. The topological polar surface area (TPSA) is 49.9 Å². The molecule has 2 amide bonds. The van der Waals surface area contributed by atoms with Crippen molar-refractivity contribution >= 4 is 11.8 Å². The fraction of sp³-hybridized carbons (Fsp3) is 0.300. The van der Waals surface area contributed by atoms with E-state index in [9.17, 15) is 9.59 Å². The van der Waals surface area contributed by atoms with Gasteiger partial charge in [-0.15, -0.1) is 0 Å². The lowest BCUT2D eigenvalue weighted by atomic mass is 9.91. The van der Waals surface area contributed by atoms with Crippen molar-refractivity contribution in [1.29, 1.82) is 0 Å². The maximum atomic E-state index is 12.9. The molecule has 0 spiro atoms. The number of hydrogen-bond acceptors (Lipinski definition) is 3. The summed E-state index contributed by atoms with van der Waals surface area (Å²) >= 11 is 0. The summed E-state index contributed by atoms with van der Waals surface area (Å²) in [7, 11) is 1.62. The van der Waals surface area contributed by atoms with Gasteiger partial charge in [-0.1, -0.05) is 36.4 Å². The first-order valence-corrected chi connectivity index (χ1v) is 8.43. The van der Waals surface area contributed by atoms with Crippen LogP contribution in [0.25, 0.3) is 0 Å². The van der Waals surface area contributed by atoms with Gasteiger partial charge in [0.05, 0.1) is 7.11 Å². The zero-order valence-corrected chi connectivity index (χ0v) is 14.1. The highest BCUT2D eigenvalue weighted by Crippen LogP contribution is 2.28. The lowest BCUT2D eigenvalue weighted by Crippen LogP contribution is -2.61. The Kier molecular flexibility index (Phi) is 3.92. The molecule has 0 bridgehead atoms. The van der Waals surface area contributed by atoms with Crippen molar-refractivity contribution in [3.05, 3.63) is 65.2 Å². The first kappa shape index (κ1) is 15.7. The average Bonchev–Trinajstić information content (AvgIpc) is 2.65. The van der Waals surface area contributed by atoms with Crippen molar-refractivity contribution in [1.82, 2.24) is 9.80 Å². The Hall–Kier alpha value is -2.82. The minimum atomic E-state index is -0.380. The molecule has 2 aliphatic rings. The van der Waals surface area contributed by atoms with Gasteiger partial charge in [-0.2, -0.15) is 0 Å². The van der Waals surface area contributed by atoms with Crippen molar-refractivity contribution in [2.45, 2.75) is 25.6 Å². The van der Waals surface area contributed by atoms with Crippen LogP contribution in [0.4, 0.5) is 0 Å². The first-order valence-electron chi connectivity index (χ1n) is 8.43. The number of carbonyl (C=O) groups excluding carboxylic acids is 2. The van der Waals surface area contributed by atoms with Crippen LogP contribution in [0.5, 0.6) is 5.75 Å². The molecule has 2 aromatic carbocycles. The van der Waals surface area contributed by atoms with E-state index < -0.39 is 0 Å². The molecule has 1 fully saturated rings. The van der Waals surface area contributed by atoms with Gasteiger partial charge in [-0.05, 0) is 28.8 Å². The van der Waals surface area contributed by atoms with Crippen LogP contribution in [-0.2, 0) is 29.1 Å². The van der Waals surface area contributed by atoms with Gasteiger partial charge in [0.25, 0.3) is 0 Å². The number of hydrogen-bond donors (Lipinski definition) is 0. The largest absolute Gasteiger partial charge is 0.497 e. The van der Waals surface area contributed by atoms with Crippen LogP contribution in [0.2, 0.25) is 0 Å². The number of piperazine rings is 1. The molecule has 2 heterocycles. The van der Waals surface area contributed by atoms with Crippen LogP contribution < -0.4 is 4.74 Å². The molecule has 1 saturated heterocycles. The molecule has 5 nitrogen and oxygen atoms in total.